The molecule has 0 atom stereocenters. The summed E-state index contributed by atoms with van der Waals surface area (Å²) in [5.74, 6) is 0.710. The van der Waals surface area contributed by atoms with Crippen molar-refractivity contribution in [3.63, 3.8) is 0 Å². The second-order valence-corrected chi connectivity index (χ2v) is 9.02. The number of anilines is 1. The van der Waals surface area contributed by atoms with Crippen LogP contribution in [0.15, 0.2) is 24.3 Å². The Kier molecular flexibility index (Phi) is 15.5. The Bertz CT molecular complexity index is 621. The van der Waals surface area contributed by atoms with Crippen LogP contribution in [0.4, 0.5) is 10.5 Å². The SMILES string of the molecule is CCCCCCC[N+]1(CCOC(=O)Nc2ccccc2OCCCCC)CCCCC1.[Br-]. The number of benzene rings is 1. The van der Waals surface area contributed by atoms with Crippen molar-refractivity contribution in [1.82, 2.24) is 0 Å². The fourth-order valence-electron chi connectivity index (χ4n) is 4.50. The summed E-state index contributed by atoms with van der Waals surface area (Å²) in [5, 5.41) is 2.87. The van der Waals surface area contributed by atoms with Crippen molar-refractivity contribution < 1.29 is 35.7 Å². The second kappa shape index (κ2) is 17.2. The minimum Gasteiger partial charge on any atom is -1.00 e. The van der Waals surface area contributed by atoms with Gasteiger partial charge >= 0.3 is 6.09 Å². The first-order chi connectivity index (χ1) is 15.2. The molecule has 0 saturated carbocycles. The number of rotatable bonds is 15. The van der Waals surface area contributed by atoms with E-state index in [1.165, 1.54) is 71.0 Å². The molecule has 1 saturated heterocycles. The smallest absolute Gasteiger partial charge is 0.411 e. The summed E-state index contributed by atoms with van der Waals surface area (Å²) < 4.78 is 12.6. The molecule has 0 aromatic heterocycles. The first kappa shape index (κ1) is 28.8. The molecule has 2 rings (SSSR count). The highest BCUT2D eigenvalue weighted by Gasteiger charge is 2.29. The quantitative estimate of drug-likeness (QED) is 0.287. The third-order valence-corrected chi connectivity index (χ3v) is 6.43. The third-order valence-electron chi connectivity index (χ3n) is 6.43. The molecule has 1 fully saturated rings. The average Bonchev–Trinajstić information content (AvgIpc) is 2.78. The summed E-state index contributed by atoms with van der Waals surface area (Å²) >= 11 is 0. The average molecular weight is 514 g/mol. The lowest BCUT2D eigenvalue weighted by atomic mass is 10.1. The third kappa shape index (κ3) is 11.0. The molecule has 0 bridgehead atoms. The van der Waals surface area contributed by atoms with Crippen molar-refractivity contribution in [2.24, 2.45) is 0 Å². The van der Waals surface area contributed by atoms with Crippen LogP contribution in [0.1, 0.15) is 84.5 Å². The van der Waals surface area contributed by atoms with E-state index in [2.05, 4.69) is 19.2 Å². The van der Waals surface area contributed by atoms with Gasteiger partial charge in [-0.2, -0.15) is 0 Å². The highest BCUT2D eigenvalue weighted by molar-refractivity contribution is 5.86. The zero-order valence-corrected chi connectivity index (χ0v) is 22.0. The zero-order valence-electron chi connectivity index (χ0n) is 20.4. The van der Waals surface area contributed by atoms with Crippen LogP contribution in [0.25, 0.3) is 0 Å². The topological polar surface area (TPSA) is 47.6 Å². The molecule has 1 aromatic rings. The molecular weight excluding hydrogens is 468 g/mol. The zero-order chi connectivity index (χ0) is 22.2. The monoisotopic (exact) mass is 512 g/mol. The number of halogens is 1. The van der Waals surface area contributed by atoms with Crippen molar-refractivity contribution in [2.75, 3.05) is 44.7 Å². The van der Waals surface area contributed by atoms with Crippen LogP contribution in [0.2, 0.25) is 0 Å². The number of nitrogens with one attached hydrogen (secondary N) is 1. The second-order valence-electron chi connectivity index (χ2n) is 9.02. The van der Waals surface area contributed by atoms with E-state index in [0.717, 1.165) is 30.3 Å². The summed E-state index contributed by atoms with van der Waals surface area (Å²) in [6.45, 7) is 10.2. The fraction of sp³-hybridized carbons (Fsp3) is 0.731. The summed E-state index contributed by atoms with van der Waals surface area (Å²) in [6, 6.07) is 7.59. The van der Waals surface area contributed by atoms with Crippen LogP contribution in [0, 0.1) is 0 Å². The van der Waals surface area contributed by atoms with E-state index in [0.29, 0.717) is 24.7 Å². The molecule has 0 radical (unpaired) electrons. The van der Waals surface area contributed by atoms with E-state index < -0.39 is 0 Å². The Hall–Kier alpha value is -1.27. The van der Waals surface area contributed by atoms with Gasteiger partial charge in [0.25, 0.3) is 0 Å². The highest BCUT2D eigenvalue weighted by atomic mass is 79.9. The van der Waals surface area contributed by atoms with Crippen LogP contribution >= 0.6 is 0 Å². The Labute approximate surface area is 206 Å². The lowest BCUT2D eigenvalue weighted by Gasteiger charge is -2.41. The molecule has 0 spiro atoms. The van der Waals surface area contributed by atoms with Gasteiger partial charge in [-0.25, -0.2) is 4.79 Å². The normalized spacial score (nSPS) is 14.9. The maximum absolute atomic E-state index is 12.4. The van der Waals surface area contributed by atoms with Crippen molar-refractivity contribution in [1.29, 1.82) is 0 Å². The van der Waals surface area contributed by atoms with Crippen molar-refractivity contribution in [3.8, 4) is 5.75 Å². The molecule has 32 heavy (non-hydrogen) atoms. The van der Waals surface area contributed by atoms with Gasteiger partial charge in [0, 0.05) is 0 Å². The maximum Gasteiger partial charge on any atom is 0.411 e. The van der Waals surface area contributed by atoms with Gasteiger partial charge in [0.15, 0.2) is 0 Å². The van der Waals surface area contributed by atoms with E-state index in [9.17, 15) is 4.79 Å². The number of carbonyl (C=O) groups excluding carboxylic acids is 1. The maximum atomic E-state index is 12.4. The van der Waals surface area contributed by atoms with Crippen LogP contribution in [0.5, 0.6) is 5.75 Å². The number of nitrogens with zero attached hydrogens (tertiary/aromatic N) is 1. The first-order valence-electron chi connectivity index (χ1n) is 12.7. The summed E-state index contributed by atoms with van der Waals surface area (Å²) in [4.78, 5) is 12.4. The highest BCUT2D eigenvalue weighted by Crippen LogP contribution is 2.24. The number of ether oxygens (including phenoxy) is 2. The van der Waals surface area contributed by atoms with Crippen LogP contribution in [-0.4, -0.2) is 50.0 Å². The molecule has 184 valence electrons. The number of quaternary nitrogens is 1. The van der Waals surface area contributed by atoms with Gasteiger partial charge in [-0.1, -0.05) is 58.1 Å². The lowest BCUT2D eigenvalue weighted by Crippen LogP contribution is -3.00. The van der Waals surface area contributed by atoms with E-state index in [4.69, 9.17) is 9.47 Å². The minimum atomic E-state index is -0.386. The van der Waals surface area contributed by atoms with Gasteiger partial charge in [0.1, 0.15) is 18.9 Å². The van der Waals surface area contributed by atoms with Crippen molar-refractivity contribution in [3.05, 3.63) is 24.3 Å². The number of amides is 1. The molecule has 0 aliphatic carbocycles. The Balaban J connectivity index is 0.00000512. The van der Waals surface area contributed by atoms with Gasteiger partial charge in [-0.3, -0.25) is 5.32 Å². The molecule has 1 aliphatic heterocycles. The summed E-state index contributed by atoms with van der Waals surface area (Å²) in [5.41, 5.74) is 0.682. The molecule has 1 N–H and O–H groups in total. The van der Waals surface area contributed by atoms with E-state index >= 15 is 0 Å². The number of likely N-dealkylation sites (tertiary alicyclic amines) is 1. The predicted octanol–water partition coefficient (Wildman–Crippen LogP) is 3.78. The van der Waals surface area contributed by atoms with Crippen LogP contribution < -0.4 is 27.0 Å². The van der Waals surface area contributed by atoms with Gasteiger partial charge < -0.3 is 30.9 Å². The van der Waals surface area contributed by atoms with E-state index in [1.54, 1.807) is 0 Å². The largest absolute Gasteiger partial charge is 1.00 e. The van der Waals surface area contributed by atoms with Gasteiger partial charge in [0.05, 0.1) is 31.9 Å². The van der Waals surface area contributed by atoms with Gasteiger partial charge in [0.2, 0.25) is 0 Å². The number of carbonyl (C=O) groups is 1. The van der Waals surface area contributed by atoms with Crippen molar-refractivity contribution >= 4 is 11.8 Å². The molecule has 1 heterocycles. The molecule has 5 nitrogen and oxygen atoms in total. The Morgan fingerprint density at radius 3 is 2.31 bits per heavy atom. The number of para-hydroxylation sites is 2. The fourth-order valence-corrected chi connectivity index (χ4v) is 4.50. The molecule has 6 heteroatoms. The lowest BCUT2D eigenvalue weighted by molar-refractivity contribution is -0.932. The standard InChI is InChI=1S/C26H44N2O3.BrH/c1-3-5-7-8-12-18-28(19-13-9-14-20-28)21-23-31-26(29)27-24-16-10-11-17-25(24)30-22-15-6-4-2;/h10-11,16-17H,3-9,12-15,18-23H2,1-2H3;1H. The molecule has 1 amide bonds. The molecule has 1 aliphatic rings. The van der Waals surface area contributed by atoms with Gasteiger partial charge in [-0.15, -0.1) is 0 Å². The van der Waals surface area contributed by atoms with Crippen LogP contribution in [0.3, 0.4) is 0 Å². The number of piperidine rings is 1. The summed E-state index contributed by atoms with van der Waals surface area (Å²) in [6.07, 6.45) is 13.5. The Morgan fingerprint density at radius 1 is 0.875 bits per heavy atom. The van der Waals surface area contributed by atoms with Crippen LogP contribution in [-0.2, 0) is 4.74 Å². The molecule has 1 aromatic carbocycles. The number of hydrogen-bond donors (Lipinski definition) is 1. The Morgan fingerprint density at radius 2 is 1.56 bits per heavy atom. The minimum absolute atomic E-state index is 0. The predicted molar refractivity (Wildman–Crippen MR) is 129 cm³/mol. The molecule has 0 unspecified atom stereocenters. The molecular formula is C26H45BrN2O3. The van der Waals surface area contributed by atoms with Crippen molar-refractivity contribution in [2.45, 2.75) is 84.5 Å². The number of hydrogen-bond acceptors (Lipinski definition) is 3. The number of unbranched alkanes of at least 4 members (excludes halogenated alkanes) is 6. The first-order valence-corrected chi connectivity index (χ1v) is 12.7. The van der Waals surface area contributed by atoms with E-state index in [-0.39, 0.29) is 23.1 Å². The van der Waals surface area contributed by atoms with E-state index in [1.807, 2.05) is 24.3 Å². The summed E-state index contributed by atoms with van der Waals surface area (Å²) in [7, 11) is 0. The van der Waals surface area contributed by atoms with Gasteiger partial charge in [-0.05, 0) is 50.7 Å².